The van der Waals surface area contributed by atoms with Crippen LogP contribution in [0.1, 0.15) is 10.4 Å². The quantitative estimate of drug-likeness (QED) is 0.417. The third-order valence-electron chi connectivity index (χ3n) is 4.99. The summed E-state index contributed by atoms with van der Waals surface area (Å²) in [5.74, 6) is -0.282. The Morgan fingerprint density at radius 1 is 0.889 bits per heavy atom. The van der Waals surface area contributed by atoms with Crippen molar-refractivity contribution in [1.29, 1.82) is 0 Å². The summed E-state index contributed by atoms with van der Waals surface area (Å²) in [4.78, 5) is 24.4. The van der Waals surface area contributed by atoms with Crippen molar-refractivity contribution in [3.8, 4) is 5.75 Å². The summed E-state index contributed by atoms with van der Waals surface area (Å²) >= 11 is 0. The first-order valence-electron chi connectivity index (χ1n) is 8.91. The monoisotopic (exact) mass is 359 g/mol. The third-order valence-corrected chi connectivity index (χ3v) is 4.99. The molecule has 2 heterocycles. The lowest BCUT2D eigenvalue weighted by atomic mass is 10.0. The van der Waals surface area contributed by atoms with Gasteiger partial charge in [0.25, 0.3) is 5.91 Å². The van der Waals surface area contributed by atoms with Crippen molar-refractivity contribution in [2.24, 2.45) is 0 Å². The number of aromatic hydroxyl groups is 1. The normalized spacial score (nSPS) is 14.9. The molecule has 1 saturated heterocycles. The van der Waals surface area contributed by atoms with Gasteiger partial charge >= 0.3 is 0 Å². The summed E-state index contributed by atoms with van der Waals surface area (Å²) in [7, 11) is 0. The van der Waals surface area contributed by atoms with Crippen LogP contribution in [0, 0.1) is 0 Å². The van der Waals surface area contributed by atoms with E-state index in [0.29, 0.717) is 48.2 Å². The summed E-state index contributed by atoms with van der Waals surface area (Å²) in [5, 5.41) is 12.4. The fourth-order valence-electron chi connectivity index (χ4n) is 3.63. The Labute approximate surface area is 155 Å². The van der Waals surface area contributed by atoms with E-state index in [-0.39, 0.29) is 17.2 Å². The Kier molecular flexibility index (Phi) is 3.65. The van der Waals surface area contributed by atoms with Crippen molar-refractivity contribution in [2.45, 2.75) is 0 Å². The second kappa shape index (κ2) is 6.17. The van der Waals surface area contributed by atoms with Crippen molar-refractivity contribution in [1.82, 2.24) is 14.9 Å². The highest BCUT2D eigenvalue weighted by Crippen LogP contribution is 2.37. The number of phenols is 1. The average molecular weight is 359 g/mol. The fourth-order valence-corrected chi connectivity index (χ4v) is 3.63. The highest BCUT2D eigenvalue weighted by molar-refractivity contribution is 6.19. The molecule has 1 aliphatic rings. The highest BCUT2D eigenvalue weighted by Gasteiger charge is 2.27. The summed E-state index contributed by atoms with van der Waals surface area (Å²) < 4.78 is 5.35. The SMILES string of the molecule is O=C(c1c(O)c2ccccc2c2nc3ccccc3nc12)N1CCOCC1. The zero-order valence-electron chi connectivity index (χ0n) is 14.6. The van der Waals surface area contributed by atoms with Gasteiger partial charge in [-0.25, -0.2) is 9.97 Å². The molecule has 1 aromatic heterocycles. The second-order valence-corrected chi connectivity index (χ2v) is 6.58. The molecule has 1 N–H and O–H groups in total. The molecular weight excluding hydrogens is 342 g/mol. The standard InChI is InChI=1S/C21H17N3O3/c25-20-14-6-2-1-5-13(14)18-19(23-16-8-4-3-7-15(16)22-18)17(20)21(26)24-9-11-27-12-10-24/h1-8,25H,9-12H2. The number of para-hydroxylation sites is 2. The number of fused-ring (bicyclic) bond motifs is 4. The summed E-state index contributed by atoms with van der Waals surface area (Å²) in [5.41, 5.74) is 2.71. The molecule has 0 radical (unpaired) electrons. The zero-order valence-corrected chi connectivity index (χ0v) is 14.6. The zero-order chi connectivity index (χ0) is 18.4. The molecule has 0 spiro atoms. The van der Waals surface area contributed by atoms with Crippen LogP contribution in [0.3, 0.4) is 0 Å². The maximum atomic E-state index is 13.3. The van der Waals surface area contributed by atoms with E-state index in [0.717, 1.165) is 10.9 Å². The smallest absolute Gasteiger partial charge is 0.260 e. The van der Waals surface area contributed by atoms with Crippen LogP contribution >= 0.6 is 0 Å². The first kappa shape index (κ1) is 16.0. The third kappa shape index (κ3) is 2.49. The molecule has 0 atom stereocenters. The molecule has 0 aliphatic carbocycles. The number of phenolic OH excluding ortho intramolecular Hbond substituents is 1. The maximum absolute atomic E-state index is 13.3. The predicted octanol–water partition coefficient (Wildman–Crippen LogP) is 3.11. The van der Waals surface area contributed by atoms with Gasteiger partial charge in [0, 0.05) is 23.9 Å². The van der Waals surface area contributed by atoms with Gasteiger partial charge in [0.15, 0.2) is 0 Å². The van der Waals surface area contributed by atoms with Crippen LogP contribution in [0.4, 0.5) is 0 Å². The van der Waals surface area contributed by atoms with Gasteiger partial charge in [-0.1, -0.05) is 36.4 Å². The minimum absolute atomic E-state index is 0.0424. The van der Waals surface area contributed by atoms with Crippen molar-refractivity contribution < 1.29 is 14.6 Å². The molecule has 4 aromatic rings. The number of rotatable bonds is 1. The fraction of sp³-hybridized carbons (Fsp3) is 0.190. The van der Waals surface area contributed by atoms with Crippen LogP contribution in [-0.2, 0) is 4.74 Å². The number of aromatic nitrogens is 2. The molecule has 6 heteroatoms. The van der Waals surface area contributed by atoms with E-state index in [4.69, 9.17) is 14.7 Å². The number of amides is 1. The summed E-state index contributed by atoms with van der Waals surface area (Å²) in [6.07, 6.45) is 0. The van der Waals surface area contributed by atoms with Gasteiger partial charge in [0.2, 0.25) is 0 Å². The topological polar surface area (TPSA) is 75.5 Å². The Balaban J connectivity index is 1.87. The summed E-state index contributed by atoms with van der Waals surface area (Å²) in [6.45, 7) is 1.97. The van der Waals surface area contributed by atoms with Gasteiger partial charge < -0.3 is 14.7 Å². The van der Waals surface area contributed by atoms with E-state index in [2.05, 4.69) is 0 Å². The van der Waals surface area contributed by atoms with Gasteiger partial charge in [-0.05, 0) is 12.1 Å². The Hall–Kier alpha value is -3.25. The lowest BCUT2D eigenvalue weighted by molar-refractivity contribution is 0.0302. The molecule has 3 aromatic carbocycles. The lowest BCUT2D eigenvalue weighted by Gasteiger charge is -2.27. The number of nitrogens with zero attached hydrogens (tertiary/aromatic N) is 3. The minimum Gasteiger partial charge on any atom is -0.506 e. The van der Waals surface area contributed by atoms with Crippen molar-refractivity contribution in [2.75, 3.05) is 26.3 Å². The van der Waals surface area contributed by atoms with Crippen molar-refractivity contribution in [3.05, 3.63) is 54.1 Å². The Morgan fingerprint density at radius 3 is 2.19 bits per heavy atom. The first-order chi connectivity index (χ1) is 13.2. The van der Waals surface area contributed by atoms with Crippen LogP contribution in [0.25, 0.3) is 32.8 Å². The van der Waals surface area contributed by atoms with Gasteiger partial charge in [0.1, 0.15) is 16.8 Å². The van der Waals surface area contributed by atoms with Gasteiger partial charge in [0.05, 0.1) is 29.8 Å². The van der Waals surface area contributed by atoms with E-state index in [1.165, 1.54) is 0 Å². The van der Waals surface area contributed by atoms with Gasteiger partial charge in [-0.15, -0.1) is 0 Å². The van der Waals surface area contributed by atoms with Crippen LogP contribution in [0.2, 0.25) is 0 Å². The molecule has 1 fully saturated rings. The molecule has 27 heavy (non-hydrogen) atoms. The predicted molar refractivity (Wildman–Crippen MR) is 103 cm³/mol. The molecule has 1 aliphatic heterocycles. The van der Waals surface area contributed by atoms with E-state index >= 15 is 0 Å². The molecular formula is C21H17N3O3. The number of ether oxygens (including phenoxy) is 1. The van der Waals surface area contributed by atoms with Gasteiger partial charge in [-0.3, -0.25) is 4.79 Å². The Morgan fingerprint density at radius 2 is 1.48 bits per heavy atom. The van der Waals surface area contributed by atoms with E-state index in [9.17, 15) is 9.90 Å². The Bertz CT molecular complexity index is 1200. The number of carbonyl (C=O) groups excluding carboxylic acids is 1. The van der Waals surface area contributed by atoms with Crippen molar-refractivity contribution in [3.63, 3.8) is 0 Å². The molecule has 0 unspecified atom stereocenters. The molecule has 0 bridgehead atoms. The number of carbonyl (C=O) groups is 1. The molecule has 134 valence electrons. The molecule has 1 amide bonds. The average Bonchev–Trinajstić information content (AvgIpc) is 2.73. The van der Waals surface area contributed by atoms with E-state index < -0.39 is 0 Å². The lowest BCUT2D eigenvalue weighted by Crippen LogP contribution is -2.40. The maximum Gasteiger partial charge on any atom is 0.260 e. The molecule has 5 rings (SSSR count). The van der Waals surface area contributed by atoms with E-state index in [1.807, 2.05) is 42.5 Å². The molecule has 6 nitrogen and oxygen atoms in total. The largest absolute Gasteiger partial charge is 0.506 e. The van der Waals surface area contributed by atoms with Crippen LogP contribution < -0.4 is 0 Å². The minimum atomic E-state index is -0.240. The number of hydrogen-bond acceptors (Lipinski definition) is 5. The van der Waals surface area contributed by atoms with Crippen LogP contribution in [-0.4, -0.2) is 52.2 Å². The van der Waals surface area contributed by atoms with Crippen molar-refractivity contribution >= 4 is 38.7 Å². The van der Waals surface area contributed by atoms with Crippen LogP contribution in [0.5, 0.6) is 5.75 Å². The van der Waals surface area contributed by atoms with E-state index in [1.54, 1.807) is 11.0 Å². The summed E-state index contributed by atoms with van der Waals surface area (Å²) in [6, 6.07) is 15.0. The number of morpholine rings is 1. The van der Waals surface area contributed by atoms with Gasteiger partial charge in [-0.2, -0.15) is 0 Å². The number of hydrogen-bond donors (Lipinski definition) is 1. The van der Waals surface area contributed by atoms with Crippen LogP contribution in [0.15, 0.2) is 48.5 Å². The highest BCUT2D eigenvalue weighted by atomic mass is 16.5. The molecule has 0 saturated carbocycles. The number of benzene rings is 3. The second-order valence-electron chi connectivity index (χ2n) is 6.58. The first-order valence-corrected chi connectivity index (χ1v) is 8.91.